The van der Waals surface area contributed by atoms with Crippen molar-refractivity contribution < 1.29 is 4.74 Å². The Morgan fingerprint density at radius 2 is 2.31 bits per heavy atom. The van der Waals surface area contributed by atoms with E-state index in [4.69, 9.17) is 16.3 Å². The summed E-state index contributed by atoms with van der Waals surface area (Å²) in [4.78, 5) is 0. The maximum absolute atomic E-state index is 6.15. The van der Waals surface area contributed by atoms with E-state index in [-0.39, 0.29) is 5.60 Å². The molecule has 1 aromatic carbocycles. The van der Waals surface area contributed by atoms with Gasteiger partial charge < -0.3 is 4.74 Å². The molecular weight excluding hydrogens is 220 g/mol. The number of fused-ring (bicyclic) bond motifs is 2. The topological polar surface area (TPSA) is 9.23 Å². The summed E-state index contributed by atoms with van der Waals surface area (Å²) in [7, 11) is 0. The Labute approximate surface area is 101 Å². The SMILES string of the molecule is C=C1c2cc(Cl)ccc2OC2(C)CCCC12. The second-order valence-electron chi connectivity index (χ2n) is 5.03. The van der Waals surface area contributed by atoms with Gasteiger partial charge in [-0.3, -0.25) is 0 Å². The molecule has 1 aliphatic carbocycles. The first-order valence-electron chi connectivity index (χ1n) is 5.78. The minimum Gasteiger partial charge on any atom is -0.486 e. The summed E-state index contributed by atoms with van der Waals surface area (Å²) in [5.74, 6) is 1.40. The van der Waals surface area contributed by atoms with Gasteiger partial charge in [0.05, 0.1) is 0 Å². The molecule has 0 bridgehead atoms. The maximum atomic E-state index is 6.15. The standard InChI is InChI=1S/C14H15ClO/c1-9-11-8-10(15)5-6-13(11)16-14(2)7-3-4-12(9)14/h5-6,8,12H,1,3-4,7H2,2H3. The molecular formula is C14H15ClO. The van der Waals surface area contributed by atoms with Crippen molar-refractivity contribution in [1.82, 2.24) is 0 Å². The molecule has 2 heteroatoms. The predicted octanol–water partition coefficient (Wildman–Crippen LogP) is 4.30. The molecule has 1 aromatic rings. The molecule has 2 aliphatic rings. The van der Waals surface area contributed by atoms with Gasteiger partial charge in [-0.15, -0.1) is 0 Å². The minimum absolute atomic E-state index is 0.0437. The molecule has 0 radical (unpaired) electrons. The van der Waals surface area contributed by atoms with Gasteiger partial charge >= 0.3 is 0 Å². The molecule has 1 saturated carbocycles. The van der Waals surface area contributed by atoms with Crippen LogP contribution in [-0.4, -0.2) is 5.60 Å². The van der Waals surface area contributed by atoms with Crippen molar-refractivity contribution in [3.05, 3.63) is 35.4 Å². The summed E-state index contributed by atoms with van der Waals surface area (Å²) >= 11 is 6.02. The fourth-order valence-corrected chi connectivity index (χ4v) is 3.25. The van der Waals surface area contributed by atoms with E-state index in [1.807, 2.05) is 18.2 Å². The largest absolute Gasteiger partial charge is 0.486 e. The van der Waals surface area contributed by atoms with Gasteiger partial charge in [0.1, 0.15) is 11.4 Å². The summed E-state index contributed by atoms with van der Waals surface area (Å²) in [6.45, 7) is 6.45. The zero-order valence-electron chi connectivity index (χ0n) is 9.42. The quantitative estimate of drug-likeness (QED) is 0.650. The lowest BCUT2D eigenvalue weighted by molar-refractivity contribution is 0.0622. The maximum Gasteiger partial charge on any atom is 0.127 e. The minimum atomic E-state index is -0.0437. The van der Waals surface area contributed by atoms with E-state index >= 15 is 0 Å². The van der Waals surface area contributed by atoms with Crippen molar-refractivity contribution in [2.24, 2.45) is 5.92 Å². The molecule has 0 aromatic heterocycles. The van der Waals surface area contributed by atoms with Gasteiger partial charge in [0.2, 0.25) is 0 Å². The van der Waals surface area contributed by atoms with Crippen molar-refractivity contribution in [2.45, 2.75) is 31.8 Å². The Bertz CT molecular complexity index is 466. The molecule has 84 valence electrons. The second-order valence-corrected chi connectivity index (χ2v) is 5.46. The van der Waals surface area contributed by atoms with Gasteiger partial charge in [-0.2, -0.15) is 0 Å². The predicted molar refractivity (Wildman–Crippen MR) is 66.9 cm³/mol. The number of ether oxygens (including phenoxy) is 1. The van der Waals surface area contributed by atoms with E-state index in [0.29, 0.717) is 5.92 Å². The molecule has 16 heavy (non-hydrogen) atoms. The molecule has 1 aliphatic heterocycles. The van der Waals surface area contributed by atoms with Crippen LogP contribution in [0.1, 0.15) is 31.7 Å². The molecule has 2 atom stereocenters. The Morgan fingerprint density at radius 3 is 3.12 bits per heavy atom. The summed E-state index contributed by atoms with van der Waals surface area (Å²) < 4.78 is 6.15. The van der Waals surface area contributed by atoms with Crippen LogP contribution in [0.5, 0.6) is 5.75 Å². The highest BCUT2D eigenvalue weighted by molar-refractivity contribution is 6.30. The molecule has 1 heterocycles. The van der Waals surface area contributed by atoms with Crippen LogP contribution in [0, 0.1) is 5.92 Å². The first-order valence-corrected chi connectivity index (χ1v) is 6.16. The van der Waals surface area contributed by atoms with E-state index in [1.165, 1.54) is 18.4 Å². The summed E-state index contributed by atoms with van der Waals surface area (Å²) in [6, 6.07) is 5.81. The fraction of sp³-hybridized carbons (Fsp3) is 0.429. The Balaban J connectivity index is 2.13. The van der Waals surface area contributed by atoms with Gasteiger partial charge in [0.15, 0.2) is 0 Å². The van der Waals surface area contributed by atoms with Gasteiger partial charge in [-0.25, -0.2) is 0 Å². The fourth-order valence-electron chi connectivity index (χ4n) is 3.08. The lowest BCUT2D eigenvalue weighted by atomic mass is 9.80. The average molecular weight is 235 g/mol. The first kappa shape index (κ1) is 10.2. The van der Waals surface area contributed by atoms with E-state index in [2.05, 4.69) is 13.5 Å². The number of benzene rings is 1. The molecule has 1 fully saturated rings. The third-order valence-electron chi connectivity index (χ3n) is 3.95. The van der Waals surface area contributed by atoms with Crippen LogP contribution in [-0.2, 0) is 0 Å². The van der Waals surface area contributed by atoms with Crippen LogP contribution in [0.2, 0.25) is 5.02 Å². The zero-order valence-corrected chi connectivity index (χ0v) is 10.2. The second kappa shape index (κ2) is 3.27. The zero-order chi connectivity index (χ0) is 11.3. The summed E-state index contributed by atoms with van der Waals surface area (Å²) in [5, 5.41) is 0.755. The normalized spacial score (nSPS) is 31.9. The van der Waals surface area contributed by atoms with Crippen LogP contribution < -0.4 is 4.74 Å². The van der Waals surface area contributed by atoms with Crippen LogP contribution in [0.15, 0.2) is 24.8 Å². The molecule has 2 unspecified atom stereocenters. The van der Waals surface area contributed by atoms with Crippen molar-refractivity contribution in [1.29, 1.82) is 0 Å². The van der Waals surface area contributed by atoms with Crippen molar-refractivity contribution in [3.63, 3.8) is 0 Å². The molecule has 0 spiro atoms. The molecule has 0 saturated heterocycles. The van der Waals surface area contributed by atoms with Crippen molar-refractivity contribution >= 4 is 17.2 Å². The molecule has 0 N–H and O–H groups in total. The third-order valence-corrected chi connectivity index (χ3v) is 4.19. The lowest BCUT2D eigenvalue weighted by Crippen LogP contribution is -2.40. The van der Waals surface area contributed by atoms with Crippen LogP contribution in [0.3, 0.4) is 0 Å². The Kier molecular flexibility index (Phi) is 2.09. The van der Waals surface area contributed by atoms with Crippen molar-refractivity contribution in [2.75, 3.05) is 0 Å². The van der Waals surface area contributed by atoms with E-state index in [9.17, 15) is 0 Å². The van der Waals surface area contributed by atoms with E-state index in [0.717, 1.165) is 22.8 Å². The highest BCUT2D eigenvalue weighted by atomic mass is 35.5. The molecule has 0 amide bonds. The molecule has 3 rings (SSSR count). The van der Waals surface area contributed by atoms with Crippen LogP contribution in [0.4, 0.5) is 0 Å². The summed E-state index contributed by atoms with van der Waals surface area (Å²) in [6.07, 6.45) is 3.53. The van der Waals surface area contributed by atoms with Crippen molar-refractivity contribution in [3.8, 4) is 5.75 Å². The van der Waals surface area contributed by atoms with Gasteiger partial charge in [-0.1, -0.05) is 18.2 Å². The number of rotatable bonds is 0. The Morgan fingerprint density at radius 1 is 1.50 bits per heavy atom. The third kappa shape index (κ3) is 1.31. The smallest absolute Gasteiger partial charge is 0.127 e. The Hall–Kier alpha value is -0.950. The van der Waals surface area contributed by atoms with Gasteiger partial charge in [-0.05, 0) is 50.0 Å². The van der Waals surface area contributed by atoms with E-state index < -0.39 is 0 Å². The number of halogens is 1. The summed E-state index contributed by atoms with van der Waals surface area (Å²) in [5.41, 5.74) is 2.25. The lowest BCUT2D eigenvalue weighted by Gasteiger charge is -2.39. The highest BCUT2D eigenvalue weighted by Gasteiger charge is 2.46. The average Bonchev–Trinajstić information content (AvgIpc) is 2.62. The van der Waals surface area contributed by atoms with Crippen LogP contribution in [0.25, 0.3) is 5.57 Å². The number of hydrogen-bond acceptors (Lipinski definition) is 1. The van der Waals surface area contributed by atoms with Gasteiger partial charge in [0.25, 0.3) is 0 Å². The highest BCUT2D eigenvalue weighted by Crippen LogP contribution is 2.51. The first-order chi connectivity index (χ1) is 7.60. The van der Waals surface area contributed by atoms with Crippen LogP contribution >= 0.6 is 11.6 Å². The van der Waals surface area contributed by atoms with Gasteiger partial charge in [0, 0.05) is 16.5 Å². The monoisotopic (exact) mass is 234 g/mol. The molecule has 1 nitrogen and oxygen atoms in total. The number of hydrogen-bond donors (Lipinski definition) is 0. The van der Waals surface area contributed by atoms with E-state index in [1.54, 1.807) is 0 Å².